The van der Waals surface area contributed by atoms with Crippen molar-refractivity contribution < 1.29 is 0 Å². The van der Waals surface area contributed by atoms with E-state index in [1.807, 2.05) is 0 Å². The molecule has 0 bridgehead atoms. The first kappa shape index (κ1) is 13.4. The molecule has 13 heavy (non-hydrogen) atoms. The molecule has 0 aromatic heterocycles. The summed E-state index contributed by atoms with van der Waals surface area (Å²) in [6.07, 6.45) is 0. The van der Waals surface area contributed by atoms with E-state index < -0.39 is 7.26 Å². The third-order valence-corrected chi connectivity index (χ3v) is 10.7. The Hall–Kier alpha value is 0.430. The van der Waals surface area contributed by atoms with Crippen LogP contribution in [0.4, 0.5) is 0 Å². The van der Waals surface area contributed by atoms with E-state index in [0.29, 0.717) is 0 Å². The fraction of sp³-hybridized carbons (Fsp3) is 1.00. The van der Waals surface area contributed by atoms with Gasteiger partial charge in [0.15, 0.2) is 0 Å². The zero-order valence-corrected chi connectivity index (χ0v) is 11.7. The molecule has 0 aliphatic heterocycles. The largest absolute Gasteiger partial charge is 0.0649 e. The van der Waals surface area contributed by atoms with E-state index in [9.17, 15) is 0 Å². The molecule has 0 aromatic rings. The van der Waals surface area contributed by atoms with Gasteiger partial charge in [-0.25, -0.2) is 0 Å². The standard InChI is InChI=1S/C12H28P/c1-9(2)13(10(3)4,11(5)6)12(7)8/h9-12H,1-8H3/q+1. The summed E-state index contributed by atoms with van der Waals surface area (Å²) in [4.78, 5) is 0. The number of rotatable bonds is 4. The molecule has 0 heterocycles. The highest BCUT2D eigenvalue weighted by Crippen LogP contribution is 2.73. The van der Waals surface area contributed by atoms with Gasteiger partial charge in [0.25, 0.3) is 0 Å². The van der Waals surface area contributed by atoms with E-state index in [1.54, 1.807) is 0 Å². The topological polar surface area (TPSA) is 0 Å². The van der Waals surface area contributed by atoms with Crippen LogP contribution >= 0.6 is 7.26 Å². The lowest BCUT2D eigenvalue weighted by Crippen LogP contribution is -2.29. The number of hydrogen-bond donors (Lipinski definition) is 0. The molecule has 0 nitrogen and oxygen atoms in total. The minimum absolute atomic E-state index is 0.784. The van der Waals surface area contributed by atoms with E-state index in [0.717, 1.165) is 22.6 Å². The van der Waals surface area contributed by atoms with Gasteiger partial charge < -0.3 is 0 Å². The summed E-state index contributed by atoms with van der Waals surface area (Å²) < 4.78 is 0. The zero-order valence-electron chi connectivity index (χ0n) is 10.8. The van der Waals surface area contributed by atoms with Crippen LogP contribution in [0.25, 0.3) is 0 Å². The van der Waals surface area contributed by atoms with Crippen LogP contribution in [0.3, 0.4) is 0 Å². The highest BCUT2D eigenvalue weighted by atomic mass is 31.2. The Morgan fingerprint density at radius 3 is 0.615 bits per heavy atom. The highest BCUT2D eigenvalue weighted by molar-refractivity contribution is 7.78. The number of hydrogen-bond acceptors (Lipinski definition) is 0. The minimum Gasteiger partial charge on any atom is -0.0285 e. The molecule has 0 aliphatic rings. The summed E-state index contributed by atoms with van der Waals surface area (Å²) in [7, 11) is -0.784. The first-order valence-electron chi connectivity index (χ1n) is 5.65. The maximum absolute atomic E-state index is 2.42. The van der Waals surface area contributed by atoms with Gasteiger partial charge in [-0.1, -0.05) is 0 Å². The molecule has 0 aromatic carbocycles. The van der Waals surface area contributed by atoms with Gasteiger partial charge in [-0.2, -0.15) is 0 Å². The van der Waals surface area contributed by atoms with Gasteiger partial charge >= 0.3 is 0 Å². The Kier molecular flexibility index (Phi) is 4.94. The molecule has 0 amide bonds. The molecule has 80 valence electrons. The molecule has 0 fully saturated rings. The van der Waals surface area contributed by atoms with Crippen molar-refractivity contribution in [1.82, 2.24) is 0 Å². The normalized spacial score (nSPS) is 13.8. The van der Waals surface area contributed by atoms with Crippen molar-refractivity contribution in [3.05, 3.63) is 0 Å². The summed E-state index contributed by atoms with van der Waals surface area (Å²) in [5, 5.41) is 0. The average molecular weight is 203 g/mol. The SMILES string of the molecule is CC(C)[P+](C(C)C)(C(C)C)C(C)C. The van der Waals surface area contributed by atoms with Crippen LogP contribution in [-0.4, -0.2) is 22.6 Å². The lowest BCUT2D eigenvalue weighted by Gasteiger charge is -2.41. The third-order valence-electron chi connectivity index (χ3n) is 3.58. The molecule has 0 radical (unpaired) electrons. The lowest BCUT2D eigenvalue weighted by atomic mass is 10.5. The molecule has 0 atom stereocenters. The monoisotopic (exact) mass is 203 g/mol. The zero-order chi connectivity index (χ0) is 10.8. The molecule has 1 heteroatoms. The fourth-order valence-electron chi connectivity index (χ4n) is 3.58. The van der Waals surface area contributed by atoms with Gasteiger partial charge in [-0.15, -0.1) is 0 Å². The molecule has 0 N–H and O–H groups in total. The van der Waals surface area contributed by atoms with Gasteiger partial charge in [0.05, 0.1) is 22.6 Å². The van der Waals surface area contributed by atoms with Crippen molar-refractivity contribution in [3.63, 3.8) is 0 Å². The molecule has 0 aliphatic carbocycles. The van der Waals surface area contributed by atoms with E-state index in [2.05, 4.69) is 55.4 Å². The van der Waals surface area contributed by atoms with Crippen molar-refractivity contribution in [2.24, 2.45) is 0 Å². The van der Waals surface area contributed by atoms with Crippen LogP contribution in [0, 0.1) is 0 Å². The van der Waals surface area contributed by atoms with E-state index >= 15 is 0 Å². The second-order valence-electron chi connectivity index (χ2n) is 5.27. The third kappa shape index (κ3) is 2.27. The summed E-state index contributed by atoms with van der Waals surface area (Å²) in [5.41, 5.74) is 3.53. The molecular formula is C12H28P+. The Morgan fingerprint density at radius 2 is 0.615 bits per heavy atom. The smallest absolute Gasteiger partial charge is 0.0285 e. The molecule has 0 rings (SSSR count). The maximum atomic E-state index is 2.42. The second-order valence-corrected chi connectivity index (χ2v) is 11.2. The quantitative estimate of drug-likeness (QED) is 0.584. The van der Waals surface area contributed by atoms with Crippen molar-refractivity contribution in [2.75, 3.05) is 0 Å². The molecule has 0 saturated heterocycles. The van der Waals surface area contributed by atoms with E-state index in [1.165, 1.54) is 0 Å². The summed E-state index contributed by atoms with van der Waals surface area (Å²) in [6, 6.07) is 0. The predicted octanol–water partition coefficient (Wildman–Crippen LogP) is 4.64. The summed E-state index contributed by atoms with van der Waals surface area (Å²) in [5.74, 6) is 0. The first-order chi connectivity index (χ1) is 5.77. The van der Waals surface area contributed by atoms with Crippen molar-refractivity contribution >= 4 is 7.26 Å². The van der Waals surface area contributed by atoms with Gasteiger partial charge in [-0.05, 0) is 55.4 Å². The Bertz CT molecular complexity index is 108. The first-order valence-corrected chi connectivity index (χ1v) is 7.72. The van der Waals surface area contributed by atoms with Gasteiger partial charge in [0.2, 0.25) is 0 Å². The fourth-order valence-corrected chi connectivity index (χ4v) is 10.7. The maximum Gasteiger partial charge on any atom is 0.0649 e. The van der Waals surface area contributed by atoms with Crippen LogP contribution in [0.2, 0.25) is 0 Å². The molecule has 0 unspecified atom stereocenters. The van der Waals surface area contributed by atoms with E-state index in [-0.39, 0.29) is 0 Å². The van der Waals surface area contributed by atoms with Crippen molar-refractivity contribution in [3.8, 4) is 0 Å². The Morgan fingerprint density at radius 1 is 0.462 bits per heavy atom. The highest BCUT2D eigenvalue weighted by Gasteiger charge is 2.49. The van der Waals surface area contributed by atoms with E-state index in [4.69, 9.17) is 0 Å². The molecular weight excluding hydrogens is 175 g/mol. The van der Waals surface area contributed by atoms with Crippen molar-refractivity contribution in [1.29, 1.82) is 0 Å². The van der Waals surface area contributed by atoms with Crippen LogP contribution in [-0.2, 0) is 0 Å². The minimum atomic E-state index is -0.784. The van der Waals surface area contributed by atoms with Crippen LogP contribution < -0.4 is 0 Å². The predicted molar refractivity (Wildman–Crippen MR) is 67.5 cm³/mol. The summed E-state index contributed by atoms with van der Waals surface area (Å²) >= 11 is 0. The van der Waals surface area contributed by atoms with Crippen LogP contribution in [0.1, 0.15) is 55.4 Å². The molecule has 0 saturated carbocycles. The van der Waals surface area contributed by atoms with Gasteiger partial charge in [0.1, 0.15) is 0 Å². The van der Waals surface area contributed by atoms with Gasteiger partial charge in [-0.3, -0.25) is 0 Å². The summed E-state index contributed by atoms with van der Waals surface area (Å²) in [6.45, 7) is 19.4. The van der Waals surface area contributed by atoms with Gasteiger partial charge in [0, 0.05) is 7.26 Å². The van der Waals surface area contributed by atoms with Crippen LogP contribution in [0.5, 0.6) is 0 Å². The molecule has 0 spiro atoms. The Balaban J connectivity index is 5.06. The van der Waals surface area contributed by atoms with Crippen molar-refractivity contribution in [2.45, 2.75) is 78.0 Å². The average Bonchev–Trinajstić information content (AvgIpc) is 1.82. The van der Waals surface area contributed by atoms with Crippen LogP contribution in [0.15, 0.2) is 0 Å². The Labute approximate surface area is 85.8 Å². The lowest BCUT2D eigenvalue weighted by molar-refractivity contribution is 0.858. The second kappa shape index (κ2) is 4.78.